The Kier molecular flexibility index (Phi) is 14.6. The minimum atomic E-state index is -0.337. The van der Waals surface area contributed by atoms with E-state index in [4.69, 9.17) is 4.98 Å². The number of fused-ring (bicyclic) bond motifs is 2. The number of hydrogen-bond acceptors (Lipinski definition) is 4. The maximum Gasteiger partial charge on any atom is 0.164 e. The molecule has 51 heavy (non-hydrogen) atoms. The molecule has 275 valence electrons. The van der Waals surface area contributed by atoms with Crippen molar-refractivity contribution in [2.75, 3.05) is 0 Å². The molecule has 0 atom stereocenters. The summed E-state index contributed by atoms with van der Waals surface area (Å²) in [6, 6.07) is 25.7. The van der Waals surface area contributed by atoms with E-state index >= 15 is 0 Å². The number of carbonyl (C=O) groups excluding carboxylic acids is 1. The molecule has 5 aromatic rings. The predicted octanol–water partition coefficient (Wildman–Crippen LogP) is 13.7. The van der Waals surface area contributed by atoms with Crippen LogP contribution in [-0.4, -0.2) is 15.9 Å². The summed E-state index contributed by atoms with van der Waals surface area (Å²) >= 11 is 1.85. The van der Waals surface area contributed by atoms with Gasteiger partial charge in [0.25, 0.3) is 0 Å². The van der Waals surface area contributed by atoms with Gasteiger partial charge in [0.05, 0.1) is 0 Å². The van der Waals surface area contributed by atoms with Gasteiger partial charge < -0.3 is 5.11 Å². The second kappa shape index (κ2) is 17.6. The van der Waals surface area contributed by atoms with Gasteiger partial charge in [0.15, 0.2) is 5.78 Å². The molecule has 0 saturated carbocycles. The van der Waals surface area contributed by atoms with E-state index in [2.05, 4.69) is 107 Å². The van der Waals surface area contributed by atoms with Crippen molar-refractivity contribution in [3.63, 3.8) is 0 Å². The second-order valence-corrected chi connectivity index (χ2v) is 16.7. The molecular formula is C46H58IrNO2S-. The van der Waals surface area contributed by atoms with Crippen molar-refractivity contribution < 1.29 is 30.0 Å². The Morgan fingerprint density at radius 2 is 1.51 bits per heavy atom. The van der Waals surface area contributed by atoms with Crippen molar-refractivity contribution in [1.82, 2.24) is 4.98 Å². The number of pyridine rings is 1. The molecule has 0 amide bonds. The summed E-state index contributed by atoms with van der Waals surface area (Å²) in [5.74, 6) is 0.933. The van der Waals surface area contributed by atoms with E-state index in [-0.39, 0.29) is 47.9 Å². The van der Waals surface area contributed by atoms with E-state index in [1.54, 1.807) is 0 Å². The van der Waals surface area contributed by atoms with Crippen molar-refractivity contribution in [3.8, 4) is 22.4 Å². The topological polar surface area (TPSA) is 50.2 Å². The number of rotatable bonds is 11. The number of benzene rings is 3. The van der Waals surface area contributed by atoms with E-state index in [0.29, 0.717) is 5.92 Å². The Hall–Kier alpha value is -3.11. The first-order valence-electron chi connectivity index (χ1n) is 18.5. The Labute approximate surface area is 325 Å². The first-order chi connectivity index (χ1) is 23.6. The third kappa shape index (κ3) is 9.66. The Balaban J connectivity index is 0.000000335. The van der Waals surface area contributed by atoms with E-state index in [1.807, 2.05) is 59.1 Å². The third-order valence-electron chi connectivity index (χ3n) is 10.9. The summed E-state index contributed by atoms with van der Waals surface area (Å²) in [6.07, 6.45) is 7.80. The fourth-order valence-corrected chi connectivity index (χ4v) is 7.34. The van der Waals surface area contributed by atoms with Crippen LogP contribution in [0, 0.1) is 22.8 Å². The van der Waals surface area contributed by atoms with Crippen LogP contribution in [0.15, 0.2) is 84.1 Å². The zero-order valence-corrected chi connectivity index (χ0v) is 35.9. The number of thiophene rings is 1. The van der Waals surface area contributed by atoms with Gasteiger partial charge in [0.2, 0.25) is 0 Å². The van der Waals surface area contributed by atoms with Gasteiger partial charge in [-0.25, -0.2) is 0 Å². The SMILES string of the molecule is CC(C)Cc1ccc(-c2ccnc(-c3[c-]c4ccccc4c(C(C)(C)C)c3)c2)c2ccsc12.CCC(C)(CC)C(=O)/C=C(\O)C(C)(CC)CC.[Ir]. The summed E-state index contributed by atoms with van der Waals surface area (Å²) in [4.78, 5) is 16.9. The van der Waals surface area contributed by atoms with Crippen LogP contribution < -0.4 is 0 Å². The number of aromatic nitrogens is 1. The quantitative estimate of drug-likeness (QED) is 0.0817. The van der Waals surface area contributed by atoms with Gasteiger partial charge in [-0.3, -0.25) is 9.78 Å². The van der Waals surface area contributed by atoms with E-state index in [9.17, 15) is 9.90 Å². The Morgan fingerprint density at radius 3 is 2.12 bits per heavy atom. The van der Waals surface area contributed by atoms with Crippen LogP contribution in [-0.2, 0) is 36.7 Å². The molecule has 0 aliphatic rings. The van der Waals surface area contributed by atoms with E-state index < -0.39 is 0 Å². The zero-order chi connectivity index (χ0) is 36.9. The molecule has 1 radical (unpaired) electrons. The first-order valence-corrected chi connectivity index (χ1v) is 19.4. The third-order valence-corrected chi connectivity index (χ3v) is 11.8. The number of aliphatic hydroxyl groups excluding tert-OH is 1. The van der Waals surface area contributed by atoms with Crippen molar-refractivity contribution in [3.05, 3.63) is 101 Å². The molecule has 0 aliphatic carbocycles. The number of aliphatic hydroxyl groups is 1. The largest absolute Gasteiger partial charge is 0.512 e. The number of allylic oxidation sites excluding steroid dienone is 2. The number of hydrogen-bond donors (Lipinski definition) is 1. The van der Waals surface area contributed by atoms with Crippen LogP contribution in [0.2, 0.25) is 0 Å². The minimum absolute atomic E-state index is 0. The molecule has 3 aromatic carbocycles. The van der Waals surface area contributed by atoms with Gasteiger partial charge in [-0.1, -0.05) is 124 Å². The summed E-state index contributed by atoms with van der Waals surface area (Å²) in [7, 11) is 0. The molecule has 0 bridgehead atoms. The van der Waals surface area contributed by atoms with Crippen LogP contribution in [0.25, 0.3) is 43.2 Å². The van der Waals surface area contributed by atoms with Crippen molar-refractivity contribution in [1.29, 1.82) is 0 Å². The fraction of sp³-hybridized carbons (Fsp3) is 0.435. The molecule has 0 fully saturated rings. The van der Waals surface area contributed by atoms with Crippen LogP contribution in [0.1, 0.15) is 113 Å². The molecule has 1 N–H and O–H groups in total. The summed E-state index contributed by atoms with van der Waals surface area (Å²) in [5, 5.41) is 16.1. The summed E-state index contributed by atoms with van der Waals surface area (Å²) in [5.41, 5.74) is 6.72. The van der Waals surface area contributed by atoms with Gasteiger partial charge in [-0.2, -0.15) is 0 Å². The van der Waals surface area contributed by atoms with E-state index in [0.717, 1.165) is 48.7 Å². The number of nitrogens with zero attached hydrogens (tertiary/aromatic N) is 1. The molecule has 0 spiro atoms. The average molecular weight is 881 g/mol. The Bertz CT molecular complexity index is 1950. The smallest absolute Gasteiger partial charge is 0.164 e. The molecule has 5 rings (SSSR count). The molecule has 2 aromatic heterocycles. The molecule has 0 unspecified atom stereocenters. The normalized spacial score (nSPS) is 12.5. The molecule has 0 aliphatic heterocycles. The van der Waals surface area contributed by atoms with Crippen LogP contribution in [0.3, 0.4) is 0 Å². The van der Waals surface area contributed by atoms with Crippen molar-refractivity contribution in [2.24, 2.45) is 16.7 Å². The van der Waals surface area contributed by atoms with Crippen LogP contribution >= 0.6 is 11.3 Å². The van der Waals surface area contributed by atoms with Gasteiger partial charge in [-0.15, -0.1) is 40.5 Å². The fourth-order valence-electron chi connectivity index (χ4n) is 6.39. The predicted molar refractivity (Wildman–Crippen MR) is 217 cm³/mol. The molecule has 5 heteroatoms. The maximum atomic E-state index is 12.2. The van der Waals surface area contributed by atoms with Crippen LogP contribution in [0.4, 0.5) is 0 Å². The number of carbonyl (C=O) groups is 1. The monoisotopic (exact) mass is 881 g/mol. The van der Waals surface area contributed by atoms with E-state index in [1.165, 1.54) is 43.8 Å². The maximum absolute atomic E-state index is 12.2. The molecule has 2 heterocycles. The zero-order valence-electron chi connectivity index (χ0n) is 32.7. The van der Waals surface area contributed by atoms with Gasteiger partial charge in [-0.05, 0) is 77.6 Å². The van der Waals surface area contributed by atoms with Gasteiger partial charge in [0.1, 0.15) is 5.76 Å². The van der Waals surface area contributed by atoms with Crippen molar-refractivity contribution in [2.45, 2.75) is 114 Å². The molecule has 0 saturated heterocycles. The summed E-state index contributed by atoms with van der Waals surface area (Å²) in [6.45, 7) is 23.5. The van der Waals surface area contributed by atoms with Gasteiger partial charge >= 0.3 is 0 Å². The number of ketones is 1. The molecule has 3 nitrogen and oxygen atoms in total. The van der Waals surface area contributed by atoms with Crippen molar-refractivity contribution >= 4 is 38.0 Å². The second-order valence-electron chi connectivity index (χ2n) is 15.8. The minimum Gasteiger partial charge on any atom is -0.512 e. The van der Waals surface area contributed by atoms with Crippen LogP contribution in [0.5, 0.6) is 0 Å². The summed E-state index contributed by atoms with van der Waals surface area (Å²) < 4.78 is 1.41. The Morgan fingerprint density at radius 1 is 0.863 bits per heavy atom. The van der Waals surface area contributed by atoms with Gasteiger partial charge in [0, 0.05) is 59.0 Å². The average Bonchev–Trinajstić information content (AvgIpc) is 3.61. The standard InChI is InChI=1S/C31H30NS.C15H28O2.Ir/c1-20(2)16-23-10-11-25(27-13-15-33-30(23)27)22-12-14-32-29(19-22)24-17-21-8-6-7-9-26(21)28(18-24)31(3,4)5;1-7-14(5,8-2)12(16)11-13(17)15(6,9-3)10-4;/h6-15,18-20H,16H2,1-5H3;11,16H,7-10H2,1-6H3;/q-1;;/b;12-11-;. The molecular weight excluding hydrogens is 823 g/mol. The first kappa shape index (κ1) is 42.3.